The maximum absolute atomic E-state index is 13.5. The first kappa shape index (κ1) is 17.2. The first-order chi connectivity index (χ1) is 12.7. The van der Waals surface area contributed by atoms with Gasteiger partial charge in [-0.1, -0.05) is 24.3 Å². The second kappa shape index (κ2) is 5.65. The number of carbonyl (C=O) groups excluding carboxylic acids is 2. The number of carbonyl (C=O) groups is 2. The van der Waals surface area contributed by atoms with Gasteiger partial charge in [-0.3, -0.25) is 9.59 Å². The minimum Gasteiger partial charge on any atom is -0.285 e. The molecular weight excluding hydrogens is 378 g/mol. The highest BCUT2D eigenvalue weighted by Gasteiger charge is 2.37. The van der Waals surface area contributed by atoms with Gasteiger partial charge in [0.1, 0.15) is 5.69 Å². The van der Waals surface area contributed by atoms with E-state index in [-0.39, 0.29) is 22.5 Å². The van der Waals surface area contributed by atoms with Crippen molar-refractivity contribution >= 4 is 21.6 Å². The van der Waals surface area contributed by atoms with Crippen molar-refractivity contribution in [2.24, 2.45) is 0 Å². The van der Waals surface area contributed by atoms with Crippen molar-refractivity contribution in [2.75, 3.05) is 0 Å². The summed E-state index contributed by atoms with van der Waals surface area (Å²) in [4.78, 5) is 24.3. The highest BCUT2D eigenvalue weighted by atomic mass is 32.2. The fourth-order valence-electron chi connectivity index (χ4n) is 3.04. The molecule has 0 radical (unpaired) electrons. The summed E-state index contributed by atoms with van der Waals surface area (Å²) in [6.07, 6.45) is 0. The van der Waals surface area contributed by atoms with E-state index >= 15 is 0 Å². The summed E-state index contributed by atoms with van der Waals surface area (Å²) in [5.41, 5.74) is 0.315. The summed E-state index contributed by atoms with van der Waals surface area (Å²) in [7, 11) is -4.41. The van der Waals surface area contributed by atoms with Gasteiger partial charge in [-0.05, 0) is 25.1 Å². The lowest BCUT2D eigenvalue weighted by Crippen LogP contribution is -2.21. The Bertz CT molecular complexity index is 1260. The second-order valence-corrected chi connectivity index (χ2v) is 7.70. The normalized spacial score (nSPS) is 13.4. The van der Waals surface area contributed by atoms with Gasteiger partial charge in [-0.15, -0.1) is 0 Å². The zero-order valence-electron chi connectivity index (χ0n) is 13.7. The van der Waals surface area contributed by atoms with E-state index in [2.05, 4.69) is 5.10 Å². The quantitative estimate of drug-likeness (QED) is 0.630. The van der Waals surface area contributed by atoms with E-state index in [1.807, 2.05) is 0 Å². The molecule has 4 rings (SSSR count). The molecular formula is C18H10F2N2O4S. The molecule has 6 nitrogen and oxygen atoms in total. The molecule has 0 unspecified atom stereocenters. The third kappa shape index (κ3) is 2.35. The van der Waals surface area contributed by atoms with E-state index in [0.717, 1.165) is 6.07 Å². The molecule has 0 aliphatic heterocycles. The molecule has 0 spiro atoms. The predicted molar refractivity (Wildman–Crippen MR) is 90.0 cm³/mol. The Morgan fingerprint density at radius 1 is 0.926 bits per heavy atom. The first-order valence-corrected chi connectivity index (χ1v) is 9.16. The van der Waals surface area contributed by atoms with Crippen LogP contribution in [-0.2, 0) is 10.0 Å². The van der Waals surface area contributed by atoms with Crippen LogP contribution in [0, 0.1) is 18.6 Å². The molecule has 0 N–H and O–H groups in total. The number of halogens is 2. The smallest absolute Gasteiger partial charge is 0.283 e. The maximum atomic E-state index is 13.5. The van der Waals surface area contributed by atoms with Crippen molar-refractivity contribution in [1.82, 2.24) is 9.19 Å². The zero-order valence-corrected chi connectivity index (χ0v) is 14.5. The van der Waals surface area contributed by atoms with Crippen LogP contribution in [0.15, 0.2) is 47.4 Å². The van der Waals surface area contributed by atoms with E-state index in [1.54, 1.807) is 18.2 Å². The zero-order chi connectivity index (χ0) is 19.5. The number of aromatic nitrogens is 2. The van der Waals surface area contributed by atoms with Crippen LogP contribution in [-0.4, -0.2) is 29.2 Å². The summed E-state index contributed by atoms with van der Waals surface area (Å²) < 4.78 is 52.9. The van der Waals surface area contributed by atoms with Crippen LogP contribution in [0.3, 0.4) is 0 Å². The van der Waals surface area contributed by atoms with Gasteiger partial charge < -0.3 is 0 Å². The first-order valence-electron chi connectivity index (χ1n) is 7.72. The lowest BCUT2D eigenvalue weighted by Gasteiger charge is -2.12. The lowest BCUT2D eigenvalue weighted by atomic mass is 9.87. The van der Waals surface area contributed by atoms with Crippen molar-refractivity contribution in [2.45, 2.75) is 11.8 Å². The van der Waals surface area contributed by atoms with Crippen LogP contribution in [0.5, 0.6) is 0 Å². The Balaban J connectivity index is 1.98. The average Bonchev–Trinajstić information content (AvgIpc) is 3.00. The van der Waals surface area contributed by atoms with E-state index < -0.39 is 38.1 Å². The number of hydrogen-bond donors (Lipinski definition) is 0. The van der Waals surface area contributed by atoms with Crippen LogP contribution in [0.1, 0.15) is 26.4 Å². The summed E-state index contributed by atoms with van der Waals surface area (Å²) in [6, 6.07) is 8.34. The lowest BCUT2D eigenvalue weighted by molar-refractivity contribution is 0.0815. The van der Waals surface area contributed by atoms with Crippen molar-refractivity contribution in [3.63, 3.8) is 0 Å². The van der Waals surface area contributed by atoms with Crippen LogP contribution >= 0.6 is 0 Å². The van der Waals surface area contributed by atoms with E-state index in [1.165, 1.54) is 13.0 Å². The number of Topliss-reactive ketones (excluding diaryl/α,β-unsaturated/α-hetero) is 2. The molecule has 1 aliphatic rings. The third-order valence-electron chi connectivity index (χ3n) is 4.35. The molecule has 0 saturated carbocycles. The Morgan fingerprint density at radius 2 is 1.59 bits per heavy atom. The van der Waals surface area contributed by atoms with E-state index in [9.17, 15) is 26.8 Å². The Hall–Kier alpha value is -3.20. The van der Waals surface area contributed by atoms with Gasteiger partial charge >= 0.3 is 0 Å². The fraction of sp³-hybridized carbons (Fsp3) is 0.0556. The average molecular weight is 388 g/mol. The number of hydrogen-bond acceptors (Lipinski definition) is 5. The summed E-state index contributed by atoms with van der Waals surface area (Å²) in [5.74, 6) is -4.15. The van der Waals surface area contributed by atoms with Gasteiger partial charge in [0.2, 0.25) is 11.6 Å². The number of rotatable bonds is 2. The Labute approximate surface area is 152 Å². The molecule has 3 aromatic rings. The van der Waals surface area contributed by atoms with Gasteiger partial charge in [0, 0.05) is 11.1 Å². The van der Waals surface area contributed by atoms with Crippen molar-refractivity contribution in [3.8, 4) is 11.3 Å². The topological polar surface area (TPSA) is 86.1 Å². The number of ketones is 2. The highest BCUT2D eigenvalue weighted by molar-refractivity contribution is 7.89. The van der Waals surface area contributed by atoms with Crippen molar-refractivity contribution in [1.29, 1.82) is 0 Å². The Morgan fingerprint density at radius 3 is 2.26 bits per heavy atom. The second-order valence-electron chi connectivity index (χ2n) is 5.94. The maximum Gasteiger partial charge on any atom is 0.283 e. The predicted octanol–water partition coefficient (Wildman–Crippen LogP) is 2.75. The van der Waals surface area contributed by atoms with Gasteiger partial charge in [-0.25, -0.2) is 8.78 Å². The molecule has 27 heavy (non-hydrogen) atoms. The minimum absolute atomic E-state index is 0.0545. The summed E-state index contributed by atoms with van der Waals surface area (Å²) in [5, 5.41) is 4.02. The SMILES string of the molecule is Cc1c2c(nn1S(=O)(=O)c1ccc(F)c(F)c1)-c1ccccc1C(=O)C2=O. The molecule has 0 fully saturated rings. The molecule has 1 aliphatic carbocycles. The molecule has 0 bridgehead atoms. The highest BCUT2D eigenvalue weighted by Crippen LogP contribution is 2.35. The molecule has 1 heterocycles. The third-order valence-corrected chi connectivity index (χ3v) is 6.01. The van der Waals surface area contributed by atoms with Crippen LogP contribution in [0.25, 0.3) is 11.3 Å². The van der Waals surface area contributed by atoms with Crippen LogP contribution in [0.2, 0.25) is 0 Å². The number of benzene rings is 2. The molecule has 1 aromatic heterocycles. The van der Waals surface area contributed by atoms with Crippen LogP contribution < -0.4 is 0 Å². The molecule has 0 atom stereocenters. The van der Waals surface area contributed by atoms with Gasteiger partial charge in [-0.2, -0.15) is 17.6 Å². The van der Waals surface area contributed by atoms with Crippen molar-refractivity contribution < 1.29 is 26.8 Å². The van der Waals surface area contributed by atoms with Gasteiger partial charge in [0.05, 0.1) is 16.2 Å². The summed E-state index contributed by atoms with van der Waals surface area (Å²) >= 11 is 0. The van der Waals surface area contributed by atoms with Crippen LogP contribution in [0.4, 0.5) is 8.78 Å². The number of nitrogens with zero attached hydrogens (tertiary/aromatic N) is 2. The van der Waals surface area contributed by atoms with Gasteiger partial charge in [0.15, 0.2) is 11.6 Å². The standard InChI is InChI=1S/C18H10F2N2O4S/c1-9-15-16(11-4-2-3-5-12(11)17(23)18(15)24)21-22(9)27(25,26)10-6-7-13(19)14(20)8-10/h2-8H,1H3. The van der Waals surface area contributed by atoms with Gasteiger partial charge in [0.25, 0.3) is 10.0 Å². The molecule has 2 aromatic carbocycles. The van der Waals surface area contributed by atoms with Crippen molar-refractivity contribution in [3.05, 3.63) is 70.9 Å². The fourth-order valence-corrected chi connectivity index (χ4v) is 4.37. The summed E-state index contributed by atoms with van der Waals surface area (Å²) in [6.45, 7) is 1.32. The minimum atomic E-state index is -4.41. The molecule has 9 heteroatoms. The van der Waals surface area contributed by atoms with E-state index in [4.69, 9.17) is 0 Å². The molecule has 0 saturated heterocycles. The largest absolute Gasteiger partial charge is 0.285 e. The Kier molecular flexibility index (Phi) is 3.60. The molecule has 0 amide bonds. The monoisotopic (exact) mass is 388 g/mol. The van der Waals surface area contributed by atoms with E-state index in [0.29, 0.717) is 21.8 Å². The molecule has 136 valence electrons. The number of fused-ring (bicyclic) bond motifs is 3.